The van der Waals surface area contributed by atoms with Gasteiger partial charge in [-0.25, -0.2) is 0 Å². The lowest BCUT2D eigenvalue weighted by Gasteiger charge is -2.15. The standard InChI is InChI=1S/C9H10N6OS/c1-15(5-3-2-4-17-5)9-12-7(10)6(14-16)8(11)13-9/h2-4H,1H3,(H4,10,11,12,13). The van der Waals surface area contributed by atoms with Gasteiger partial charge >= 0.3 is 0 Å². The molecule has 0 atom stereocenters. The van der Waals surface area contributed by atoms with Gasteiger partial charge in [-0.2, -0.15) is 9.97 Å². The summed E-state index contributed by atoms with van der Waals surface area (Å²) in [6.07, 6.45) is 0. The second-order valence-corrected chi connectivity index (χ2v) is 4.17. The predicted molar refractivity (Wildman–Crippen MR) is 68.7 cm³/mol. The average molecular weight is 250 g/mol. The Morgan fingerprint density at radius 2 is 2.00 bits per heavy atom. The molecule has 0 aliphatic carbocycles. The molecule has 0 aliphatic heterocycles. The van der Waals surface area contributed by atoms with Crippen molar-refractivity contribution in [3.05, 3.63) is 22.4 Å². The zero-order valence-corrected chi connectivity index (χ0v) is 9.81. The van der Waals surface area contributed by atoms with Crippen LogP contribution in [0.15, 0.2) is 22.7 Å². The van der Waals surface area contributed by atoms with Crippen LogP contribution in [0.2, 0.25) is 0 Å². The van der Waals surface area contributed by atoms with Crippen LogP contribution in [0.1, 0.15) is 0 Å². The van der Waals surface area contributed by atoms with Crippen LogP contribution in [-0.2, 0) is 0 Å². The maximum absolute atomic E-state index is 10.5. The number of thiophene rings is 1. The fourth-order valence-electron chi connectivity index (χ4n) is 1.28. The zero-order chi connectivity index (χ0) is 12.4. The van der Waals surface area contributed by atoms with Crippen LogP contribution < -0.4 is 16.4 Å². The van der Waals surface area contributed by atoms with Gasteiger partial charge in [0.15, 0.2) is 17.3 Å². The summed E-state index contributed by atoms with van der Waals surface area (Å²) in [5.74, 6) is 0.284. The molecule has 0 saturated carbocycles. The van der Waals surface area contributed by atoms with Crippen molar-refractivity contribution in [1.29, 1.82) is 0 Å². The van der Waals surface area contributed by atoms with E-state index in [2.05, 4.69) is 15.1 Å². The van der Waals surface area contributed by atoms with E-state index < -0.39 is 0 Å². The number of nitrogens with two attached hydrogens (primary N) is 2. The Morgan fingerprint density at radius 1 is 1.35 bits per heavy atom. The molecule has 2 rings (SSSR count). The number of anilines is 4. The summed E-state index contributed by atoms with van der Waals surface area (Å²) in [5.41, 5.74) is 11.0. The van der Waals surface area contributed by atoms with E-state index in [0.717, 1.165) is 5.00 Å². The SMILES string of the molecule is CN(c1nc(N)c(N=O)c(N)n1)c1cccs1. The van der Waals surface area contributed by atoms with Gasteiger partial charge in [0, 0.05) is 7.05 Å². The Hall–Kier alpha value is -2.22. The smallest absolute Gasteiger partial charge is 0.234 e. The molecular formula is C9H10N6OS. The Bertz CT molecular complexity index is 517. The highest BCUT2D eigenvalue weighted by atomic mass is 32.1. The molecule has 88 valence electrons. The highest BCUT2D eigenvalue weighted by molar-refractivity contribution is 7.14. The molecule has 0 radical (unpaired) electrons. The summed E-state index contributed by atoms with van der Waals surface area (Å²) < 4.78 is 0. The number of aromatic nitrogens is 2. The van der Waals surface area contributed by atoms with E-state index in [1.807, 2.05) is 17.5 Å². The number of hydrogen-bond donors (Lipinski definition) is 2. The second-order valence-electron chi connectivity index (χ2n) is 3.24. The summed E-state index contributed by atoms with van der Waals surface area (Å²) in [5, 5.41) is 5.56. The molecule has 0 saturated heterocycles. The van der Waals surface area contributed by atoms with Crippen LogP contribution in [0.5, 0.6) is 0 Å². The van der Waals surface area contributed by atoms with Gasteiger partial charge in [0.25, 0.3) is 0 Å². The van der Waals surface area contributed by atoms with Crippen molar-refractivity contribution in [2.75, 3.05) is 23.4 Å². The monoisotopic (exact) mass is 250 g/mol. The van der Waals surface area contributed by atoms with Crippen LogP contribution in [0, 0.1) is 4.91 Å². The maximum Gasteiger partial charge on any atom is 0.234 e. The minimum absolute atomic E-state index is 0.0223. The van der Waals surface area contributed by atoms with Gasteiger partial charge in [-0.3, -0.25) is 0 Å². The second kappa shape index (κ2) is 4.34. The number of hydrogen-bond acceptors (Lipinski definition) is 8. The molecule has 0 amide bonds. The van der Waals surface area contributed by atoms with Crippen LogP contribution in [0.3, 0.4) is 0 Å². The molecular weight excluding hydrogens is 240 g/mol. The van der Waals surface area contributed by atoms with Gasteiger partial charge in [-0.1, -0.05) is 0 Å². The molecule has 8 heteroatoms. The van der Waals surface area contributed by atoms with Crippen LogP contribution in [0.25, 0.3) is 0 Å². The molecule has 2 aromatic rings. The third-order valence-electron chi connectivity index (χ3n) is 2.15. The quantitative estimate of drug-likeness (QED) is 0.804. The van der Waals surface area contributed by atoms with Gasteiger partial charge in [-0.15, -0.1) is 16.2 Å². The highest BCUT2D eigenvalue weighted by Gasteiger charge is 2.14. The molecule has 0 spiro atoms. The van der Waals surface area contributed by atoms with Crippen molar-refractivity contribution in [2.24, 2.45) is 5.18 Å². The lowest BCUT2D eigenvalue weighted by atomic mass is 10.4. The summed E-state index contributed by atoms with van der Waals surface area (Å²) in [7, 11) is 1.79. The minimum Gasteiger partial charge on any atom is -0.382 e. The fourth-order valence-corrected chi connectivity index (χ4v) is 1.97. The van der Waals surface area contributed by atoms with Crippen molar-refractivity contribution >= 4 is 39.6 Å². The van der Waals surface area contributed by atoms with E-state index in [-0.39, 0.29) is 17.3 Å². The summed E-state index contributed by atoms with van der Waals surface area (Å²) in [6.45, 7) is 0. The van der Waals surface area contributed by atoms with Crippen LogP contribution in [-0.4, -0.2) is 17.0 Å². The fraction of sp³-hybridized carbons (Fsp3) is 0.111. The van der Waals surface area contributed by atoms with Gasteiger partial charge < -0.3 is 16.4 Å². The topological polar surface area (TPSA) is 110 Å². The molecule has 0 unspecified atom stereocenters. The Kier molecular flexibility index (Phi) is 2.88. The molecule has 2 aromatic heterocycles. The molecule has 0 aromatic carbocycles. The Balaban J connectivity index is 2.44. The molecule has 0 bridgehead atoms. The number of nitrogen functional groups attached to an aromatic ring is 2. The lowest BCUT2D eigenvalue weighted by Crippen LogP contribution is -2.14. The van der Waals surface area contributed by atoms with E-state index in [0.29, 0.717) is 5.95 Å². The Labute approximate surface area is 101 Å². The molecule has 0 fully saturated rings. The molecule has 7 nitrogen and oxygen atoms in total. The molecule has 4 N–H and O–H groups in total. The minimum atomic E-state index is -0.117. The number of rotatable bonds is 3. The van der Waals surface area contributed by atoms with E-state index in [9.17, 15) is 4.91 Å². The van der Waals surface area contributed by atoms with Crippen molar-refractivity contribution in [1.82, 2.24) is 9.97 Å². The zero-order valence-electron chi connectivity index (χ0n) is 8.99. The summed E-state index contributed by atoms with van der Waals surface area (Å²) in [4.78, 5) is 20.2. The van der Waals surface area contributed by atoms with Crippen molar-refractivity contribution in [2.45, 2.75) is 0 Å². The van der Waals surface area contributed by atoms with E-state index >= 15 is 0 Å². The van der Waals surface area contributed by atoms with Gasteiger partial charge in [0.1, 0.15) is 0 Å². The van der Waals surface area contributed by atoms with E-state index in [1.165, 1.54) is 11.3 Å². The van der Waals surface area contributed by atoms with Gasteiger partial charge in [0.2, 0.25) is 5.95 Å². The van der Waals surface area contributed by atoms with Gasteiger partial charge in [-0.05, 0) is 22.7 Å². The summed E-state index contributed by atoms with van der Waals surface area (Å²) >= 11 is 1.53. The van der Waals surface area contributed by atoms with Gasteiger partial charge in [0.05, 0.1) is 5.00 Å². The first kappa shape index (κ1) is 11.3. The normalized spacial score (nSPS) is 10.2. The van der Waals surface area contributed by atoms with E-state index in [4.69, 9.17) is 11.5 Å². The molecule has 17 heavy (non-hydrogen) atoms. The van der Waals surface area contributed by atoms with Crippen molar-refractivity contribution < 1.29 is 0 Å². The highest BCUT2D eigenvalue weighted by Crippen LogP contribution is 2.31. The summed E-state index contributed by atoms with van der Waals surface area (Å²) in [6, 6.07) is 3.82. The maximum atomic E-state index is 10.5. The number of nitroso groups, excluding NO2 is 1. The molecule has 2 heterocycles. The van der Waals surface area contributed by atoms with Crippen LogP contribution in [0.4, 0.5) is 28.3 Å². The first-order chi connectivity index (χ1) is 8.13. The largest absolute Gasteiger partial charge is 0.382 e. The first-order valence-electron chi connectivity index (χ1n) is 4.67. The van der Waals surface area contributed by atoms with Crippen molar-refractivity contribution in [3.63, 3.8) is 0 Å². The predicted octanol–water partition coefficient (Wildman–Crippen LogP) is 1.87. The molecule has 0 aliphatic rings. The Morgan fingerprint density at radius 3 is 2.47 bits per heavy atom. The van der Waals surface area contributed by atoms with Crippen LogP contribution >= 0.6 is 11.3 Å². The lowest BCUT2D eigenvalue weighted by molar-refractivity contribution is 1.06. The number of nitrogens with zero attached hydrogens (tertiary/aromatic N) is 4. The average Bonchev–Trinajstić information content (AvgIpc) is 2.81. The van der Waals surface area contributed by atoms with E-state index in [1.54, 1.807) is 11.9 Å². The third-order valence-corrected chi connectivity index (χ3v) is 3.10. The van der Waals surface area contributed by atoms with Crippen molar-refractivity contribution in [3.8, 4) is 0 Å². The third kappa shape index (κ3) is 2.02. The first-order valence-corrected chi connectivity index (χ1v) is 5.55.